The molecule has 0 bridgehead atoms. The predicted octanol–water partition coefficient (Wildman–Crippen LogP) is 2.04. The molecule has 2 amide bonds. The molecule has 2 aliphatic rings. The van der Waals surface area contributed by atoms with Gasteiger partial charge in [-0.3, -0.25) is 9.59 Å². The van der Waals surface area contributed by atoms with Crippen LogP contribution in [0.5, 0.6) is 0 Å². The fourth-order valence-corrected chi connectivity index (χ4v) is 4.38. The lowest BCUT2D eigenvalue weighted by Gasteiger charge is -2.35. The smallest absolute Gasteiger partial charge is 0.246 e. The summed E-state index contributed by atoms with van der Waals surface area (Å²) in [7, 11) is 0. The van der Waals surface area contributed by atoms with Gasteiger partial charge < -0.3 is 15.1 Å². The molecule has 0 saturated carbocycles. The summed E-state index contributed by atoms with van der Waals surface area (Å²) in [5.74, 6) is 0.664. The number of para-hydroxylation sites is 1. The van der Waals surface area contributed by atoms with E-state index in [1.165, 1.54) is 11.3 Å². The summed E-state index contributed by atoms with van der Waals surface area (Å²) in [6, 6.07) is 7.99. The van der Waals surface area contributed by atoms with Crippen LogP contribution in [0.15, 0.2) is 24.3 Å². The van der Waals surface area contributed by atoms with Gasteiger partial charge >= 0.3 is 0 Å². The molecule has 136 valence electrons. The quantitative estimate of drug-likeness (QED) is 0.876. The lowest BCUT2D eigenvalue weighted by molar-refractivity contribution is -0.136. The summed E-state index contributed by atoms with van der Waals surface area (Å²) in [6.45, 7) is 9.16. The summed E-state index contributed by atoms with van der Waals surface area (Å²) >= 11 is 1.56. The van der Waals surface area contributed by atoms with E-state index in [-0.39, 0.29) is 11.8 Å². The molecule has 1 atom stereocenters. The maximum absolute atomic E-state index is 12.9. The average molecular weight is 362 g/mol. The number of thioether (sulfide) groups is 1. The number of nitrogens with one attached hydrogen (secondary N) is 1. The van der Waals surface area contributed by atoms with Crippen molar-refractivity contribution in [2.75, 3.05) is 36.8 Å². The van der Waals surface area contributed by atoms with Gasteiger partial charge in [0, 0.05) is 37.6 Å². The van der Waals surface area contributed by atoms with E-state index in [0.29, 0.717) is 12.3 Å². The normalized spacial score (nSPS) is 23.8. The number of benzene rings is 1. The molecule has 3 rings (SSSR count). The zero-order valence-corrected chi connectivity index (χ0v) is 16.1. The van der Waals surface area contributed by atoms with Crippen molar-refractivity contribution in [1.82, 2.24) is 10.2 Å². The van der Waals surface area contributed by atoms with Gasteiger partial charge in [-0.05, 0) is 38.8 Å². The van der Waals surface area contributed by atoms with Gasteiger partial charge in [0.25, 0.3) is 0 Å². The summed E-state index contributed by atoms with van der Waals surface area (Å²) in [6.07, 6.45) is 0.944. The van der Waals surface area contributed by atoms with Crippen molar-refractivity contribution < 1.29 is 9.59 Å². The highest BCUT2D eigenvalue weighted by atomic mass is 32.2. The van der Waals surface area contributed by atoms with E-state index < -0.39 is 10.8 Å². The molecule has 5 nitrogen and oxygen atoms in total. The number of hydrogen-bond acceptors (Lipinski definition) is 4. The Morgan fingerprint density at radius 1 is 1.20 bits per heavy atom. The summed E-state index contributed by atoms with van der Waals surface area (Å²) in [5, 5.41) is 2.91. The zero-order valence-electron chi connectivity index (χ0n) is 15.2. The van der Waals surface area contributed by atoms with Crippen molar-refractivity contribution >= 4 is 29.3 Å². The lowest BCUT2D eigenvalue weighted by atomic mass is 10.1. The van der Waals surface area contributed by atoms with Crippen molar-refractivity contribution in [2.24, 2.45) is 0 Å². The summed E-state index contributed by atoms with van der Waals surface area (Å²) < 4.78 is -0.447. The van der Waals surface area contributed by atoms with E-state index in [9.17, 15) is 9.59 Å². The van der Waals surface area contributed by atoms with Crippen molar-refractivity contribution in [3.8, 4) is 0 Å². The Morgan fingerprint density at radius 2 is 1.96 bits per heavy atom. The van der Waals surface area contributed by atoms with Crippen LogP contribution in [0, 0.1) is 6.92 Å². The van der Waals surface area contributed by atoms with E-state index in [2.05, 4.69) is 41.4 Å². The van der Waals surface area contributed by atoms with Crippen LogP contribution in [-0.2, 0) is 9.59 Å². The van der Waals surface area contributed by atoms with Gasteiger partial charge in [0.2, 0.25) is 11.8 Å². The highest BCUT2D eigenvalue weighted by Gasteiger charge is 2.39. The molecule has 2 aliphatic heterocycles. The molecule has 1 aromatic rings. The van der Waals surface area contributed by atoms with Crippen LogP contribution in [0.2, 0.25) is 0 Å². The minimum atomic E-state index is -0.447. The summed E-state index contributed by atoms with van der Waals surface area (Å²) in [5.41, 5.74) is 2.51. The number of rotatable bonds is 2. The fraction of sp³-hybridized carbons (Fsp3) is 0.579. The van der Waals surface area contributed by atoms with Crippen molar-refractivity contribution in [2.45, 2.75) is 38.0 Å². The molecule has 2 saturated heterocycles. The number of aryl methyl sites for hydroxylation is 1. The van der Waals surface area contributed by atoms with Crippen LogP contribution in [0.4, 0.5) is 5.69 Å². The van der Waals surface area contributed by atoms with E-state index in [1.807, 2.05) is 18.7 Å². The lowest BCUT2D eigenvalue weighted by Crippen LogP contribution is -2.58. The molecule has 0 aromatic heterocycles. The van der Waals surface area contributed by atoms with Crippen molar-refractivity contribution in [3.63, 3.8) is 0 Å². The fourth-order valence-electron chi connectivity index (χ4n) is 3.38. The van der Waals surface area contributed by atoms with Gasteiger partial charge in [-0.1, -0.05) is 18.2 Å². The molecule has 2 heterocycles. The SMILES string of the molecule is Cc1ccccc1N1CCCN(C(=O)[C@@H]2CSC(C)(C)C(=O)N2)CC1. The van der Waals surface area contributed by atoms with Crippen LogP contribution in [0.1, 0.15) is 25.8 Å². The second-order valence-corrected chi connectivity index (χ2v) is 8.94. The average Bonchev–Trinajstić information content (AvgIpc) is 2.83. The van der Waals surface area contributed by atoms with Crippen LogP contribution < -0.4 is 10.2 Å². The number of amides is 2. The first kappa shape index (κ1) is 18.1. The first-order valence-electron chi connectivity index (χ1n) is 8.93. The van der Waals surface area contributed by atoms with E-state index in [0.717, 1.165) is 26.1 Å². The van der Waals surface area contributed by atoms with Gasteiger partial charge in [0.05, 0.1) is 4.75 Å². The molecule has 6 heteroatoms. The Balaban J connectivity index is 1.62. The van der Waals surface area contributed by atoms with Gasteiger partial charge in [0.15, 0.2) is 0 Å². The molecule has 1 aromatic carbocycles. The third-order valence-corrected chi connectivity index (χ3v) is 6.43. The van der Waals surface area contributed by atoms with Crippen LogP contribution in [0.3, 0.4) is 0 Å². The van der Waals surface area contributed by atoms with Gasteiger partial charge in [-0.15, -0.1) is 11.8 Å². The Hall–Kier alpha value is -1.69. The Bertz CT molecular complexity index is 662. The molecule has 0 aliphatic carbocycles. The number of anilines is 1. The zero-order chi connectivity index (χ0) is 18.0. The van der Waals surface area contributed by atoms with E-state index >= 15 is 0 Å². The second kappa shape index (κ2) is 7.28. The van der Waals surface area contributed by atoms with E-state index in [1.54, 1.807) is 11.8 Å². The molecule has 1 N–H and O–H groups in total. The van der Waals surface area contributed by atoms with Crippen LogP contribution in [0.25, 0.3) is 0 Å². The topological polar surface area (TPSA) is 52.7 Å². The Morgan fingerprint density at radius 3 is 2.68 bits per heavy atom. The van der Waals surface area contributed by atoms with Crippen molar-refractivity contribution in [1.29, 1.82) is 0 Å². The molecule has 25 heavy (non-hydrogen) atoms. The molecular weight excluding hydrogens is 334 g/mol. The number of carbonyl (C=O) groups is 2. The molecule has 2 fully saturated rings. The monoisotopic (exact) mass is 361 g/mol. The highest BCUT2D eigenvalue weighted by Crippen LogP contribution is 2.29. The molecule has 0 unspecified atom stereocenters. The van der Waals surface area contributed by atoms with Gasteiger partial charge in [-0.2, -0.15) is 0 Å². The maximum Gasteiger partial charge on any atom is 0.246 e. The molecule has 0 spiro atoms. The van der Waals surface area contributed by atoms with E-state index in [4.69, 9.17) is 0 Å². The van der Waals surface area contributed by atoms with Gasteiger partial charge in [-0.25, -0.2) is 0 Å². The third-order valence-electron chi connectivity index (χ3n) is 5.02. The Labute approximate surface area is 154 Å². The largest absolute Gasteiger partial charge is 0.369 e. The number of carbonyl (C=O) groups excluding carboxylic acids is 2. The minimum absolute atomic E-state index is 0.0431. The predicted molar refractivity (Wildman–Crippen MR) is 103 cm³/mol. The third kappa shape index (κ3) is 3.94. The first-order chi connectivity index (χ1) is 11.9. The highest BCUT2D eigenvalue weighted by molar-refractivity contribution is 8.01. The molecular formula is C19H27N3O2S. The van der Waals surface area contributed by atoms with Crippen molar-refractivity contribution in [3.05, 3.63) is 29.8 Å². The van der Waals surface area contributed by atoms with Crippen LogP contribution >= 0.6 is 11.8 Å². The van der Waals surface area contributed by atoms with Gasteiger partial charge in [0.1, 0.15) is 6.04 Å². The Kier molecular flexibility index (Phi) is 5.27. The second-order valence-electron chi connectivity index (χ2n) is 7.30. The maximum atomic E-state index is 12.9. The first-order valence-corrected chi connectivity index (χ1v) is 9.91. The molecule has 0 radical (unpaired) electrons. The minimum Gasteiger partial charge on any atom is -0.369 e. The summed E-state index contributed by atoms with van der Waals surface area (Å²) in [4.78, 5) is 29.3. The van der Waals surface area contributed by atoms with Crippen LogP contribution in [-0.4, -0.2) is 59.4 Å². The number of nitrogens with zero attached hydrogens (tertiary/aromatic N) is 2. The number of hydrogen-bond donors (Lipinski definition) is 1. The standard InChI is InChI=1S/C19H27N3O2S/c1-14-7-4-5-8-16(14)21-9-6-10-22(12-11-21)17(23)15-13-25-19(2,3)18(24)20-15/h4-5,7-8,15H,6,9-13H2,1-3H3,(H,20,24)/t15-/m0/s1.